The fraction of sp³-hybridized carbons (Fsp3) is 0.462. The first-order valence-corrected chi connectivity index (χ1v) is 5.88. The van der Waals surface area contributed by atoms with Gasteiger partial charge in [0.05, 0.1) is 0 Å². The van der Waals surface area contributed by atoms with E-state index in [1.54, 1.807) is 6.07 Å². The highest BCUT2D eigenvalue weighted by atomic mass is 16.1. The number of carbonyl (C=O) groups excluding carboxylic acids is 1. The van der Waals surface area contributed by atoms with Crippen LogP contribution in [0.1, 0.15) is 28.4 Å². The topological polar surface area (TPSA) is 58.4 Å². The zero-order valence-corrected chi connectivity index (χ0v) is 10.3. The molecule has 3 N–H and O–H groups in total. The van der Waals surface area contributed by atoms with Gasteiger partial charge in [0.25, 0.3) is 0 Å². The summed E-state index contributed by atoms with van der Waals surface area (Å²) >= 11 is 0. The van der Waals surface area contributed by atoms with Crippen LogP contribution in [-0.2, 0) is 0 Å². The molecule has 17 heavy (non-hydrogen) atoms. The van der Waals surface area contributed by atoms with Crippen LogP contribution in [-0.4, -0.2) is 37.5 Å². The Balaban J connectivity index is 2.21. The summed E-state index contributed by atoms with van der Waals surface area (Å²) in [6.45, 7) is 0.949. The van der Waals surface area contributed by atoms with Crippen molar-refractivity contribution in [2.24, 2.45) is 5.73 Å². The summed E-state index contributed by atoms with van der Waals surface area (Å²) in [6, 6.07) is 8.32. The van der Waals surface area contributed by atoms with Gasteiger partial charge in [-0.3, -0.25) is 4.79 Å². The second-order valence-corrected chi connectivity index (χ2v) is 4.77. The van der Waals surface area contributed by atoms with Crippen molar-refractivity contribution in [1.29, 1.82) is 0 Å². The summed E-state index contributed by atoms with van der Waals surface area (Å²) in [6.07, 6.45) is 1.01. The van der Waals surface area contributed by atoms with E-state index >= 15 is 0 Å². The fourth-order valence-electron chi connectivity index (χ4n) is 2.37. The number of primary amides is 1. The molecule has 92 valence electrons. The van der Waals surface area contributed by atoms with E-state index in [2.05, 4.69) is 24.3 Å². The monoisotopic (exact) mass is 233 g/mol. The highest BCUT2D eigenvalue weighted by Gasteiger charge is 2.28. The lowest BCUT2D eigenvalue weighted by Crippen LogP contribution is -2.29. The van der Waals surface area contributed by atoms with Crippen LogP contribution >= 0.6 is 0 Å². The van der Waals surface area contributed by atoms with Crippen molar-refractivity contribution < 1.29 is 4.79 Å². The molecule has 1 heterocycles. The molecule has 1 aliphatic heterocycles. The molecule has 1 aromatic rings. The SMILES string of the molecule is CN(C)[C@@H]1CN[C@H](c2ccccc2C(N)=O)C1. The third-order valence-electron chi connectivity index (χ3n) is 3.44. The van der Waals surface area contributed by atoms with Gasteiger partial charge in [-0.25, -0.2) is 0 Å². The number of hydrogen-bond donors (Lipinski definition) is 2. The summed E-state index contributed by atoms with van der Waals surface area (Å²) in [4.78, 5) is 13.6. The third kappa shape index (κ3) is 2.48. The lowest BCUT2D eigenvalue weighted by Gasteiger charge is -2.18. The standard InChI is InChI=1S/C13H19N3O/c1-16(2)9-7-12(15-8-9)10-5-3-4-6-11(10)13(14)17/h3-6,9,12,15H,7-8H2,1-2H3,(H2,14,17)/t9-,12-/m0/s1. The van der Waals surface area contributed by atoms with Crippen LogP contribution in [0.25, 0.3) is 0 Å². The van der Waals surface area contributed by atoms with Gasteiger partial charge in [-0.05, 0) is 32.1 Å². The normalized spacial score (nSPS) is 24.2. The van der Waals surface area contributed by atoms with Crippen LogP contribution in [0.4, 0.5) is 0 Å². The van der Waals surface area contributed by atoms with Crippen molar-refractivity contribution in [1.82, 2.24) is 10.2 Å². The molecule has 4 nitrogen and oxygen atoms in total. The number of likely N-dealkylation sites (N-methyl/N-ethyl adjacent to an activating group) is 1. The zero-order chi connectivity index (χ0) is 12.4. The molecule has 1 saturated heterocycles. The molecule has 1 aromatic carbocycles. The van der Waals surface area contributed by atoms with Crippen LogP contribution in [0.15, 0.2) is 24.3 Å². The number of benzene rings is 1. The van der Waals surface area contributed by atoms with Gasteiger partial charge < -0.3 is 16.0 Å². The van der Waals surface area contributed by atoms with Crippen molar-refractivity contribution in [2.45, 2.75) is 18.5 Å². The minimum atomic E-state index is -0.351. The molecule has 0 spiro atoms. The van der Waals surface area contributed by atoms with Crippen molar-refractivity contribution in [2.75, 3.05) is 20.6 Å². The predicted molar refractivity (Wildman–Crippen MR) is 67.8 cm³/mol. The van der Waals surface area contributed by atoms with Crippen molar-refractivity contribution in [3.63, 3.8) is 0 Å². The maximum Gasteiger partial charge on any atom is 0.249 e. The maximum atomic E-state index is 11.4. The van der Waals surface area contributed by atoms with Crippen LogP contribution in [0.3, 0.4) is 0 Å². The molecule has 2 atom stereocenters. The van der Waals surface area contributed by atoms with Gasteiger partial charge >= 0.3 is 0 Å². The Morgan fingerprint density at radius 2 is 2.12 bits per heavy atom. The lowest BCUT2D eigenvalue weighted by atomic mass is 9.97. The lowest BCUT2D eigenvalue weighted by molar-refractivity contribution is 0.0998. The van der Waals surface area contributed by atoms with Crippen LogP contribution < -0.4 is 11.1 Å². The zero-order valence-electron chi connectivity index (χ0n) is 10.3. The Hall–Kier alpha value is -1.39. The fourth-order valence-corrected chi connectivity index (χ4v) is 2.37. The van der Waals surface area contributed by atoms with Gasteiger partial charge in [-0.2, -0.15) is 0 Å². The molecule has 1 fully saturated rings. The van der Waals surface area contributed by atoms with Crippen LogP contribution in [0, 0.1) is 0 Å². The molecule has 0 bridgehead atoms. The van der Waals surface area contributed by atoms with Gasteiger partial charge in [-0.1, -0.05) is 18.2 Å². The molecule has 0 aromatic heterocycles. The first kappa shape index (κ1) is 12.1. The molecule has 1 amide bonds. The van der Waals surface area contributed by atoms with Gasteiger partial charge in [0, 0.05) is 24.2 Å². The van der Waals surface area contributed by atoms with E-state index < -0.39 is 0 Å². The Morgan fingerprint density at radius 3 is 2.71 bits per heavy atom. The van der Waals surface area contributed by atoms with E-state index in [4.69, 9.17) is 5.73 Å². The van der Waals surface area contributed by atoms with Crippen LogP contribution in [0.5, 0.6) is 0 Å². The number of nitrogens with one attached hydrogen (secondary N) is 1. The number of hydrogen-bond acceptors (Lipinski definition) is 3. The maximum absolute atomic E-state index is 11.4. The van der Waals surface area contributed by atoms with Crippen molar-refractivity contribution in [3.8, 4) is 0 Å². The molecule has 4 heteroatoms. The third-order valence-corrected chi connectivity index (χ3v) is 3.44. The summed E-state index contributed by atoms with van der Waals surface area (Å²) < 4.78 is 0. The molecule has 0 aliphatic carbocycles. The summed E-state index contributed by atoms with van der Waals surface area (Å²) in [5.41, 5.74) is 7.05. The Kier molecular flexibility index (Phi) is 3.45. The minimum absolute atomic E-state index is 0.228. The van der Waals surface area contributed by atoms with Gasteiger partial charge in [0.1, 0.15) is 0 Å². The Bertz CT molecular complexity index is 417. The molecule has 1 aliphatic rings. The summed E-state index contributed by atoms with van der Waals surface area (Å²) in [7, 11) is 4.16. The number of rotatable bonds is 3. The molecule has 2 rings (SSSR count). The van der Waals surface area contributed by atoms with Gasteiger partial charge in [0.15, 0.2) is 0 Å². The largest absolute Gasteiger partial charge is 0.366 e. The van der Waals surface area contributed by atoms with E-state index in [0.29, 0.717) is 11.6 Å². The summed E-state index contributed by atoms with van der Waals surface area (Å²) in [5.74, 6) is -0.351. The smallest absolute Gasteiger partial charge is 0.249 e. The molecule has 0 unspecified atom stereocenters. The first-order chi connectivity index (χ1) is 8.09. The highest BCUT2D eigenvalue weighted by molar-refractivity contribution is 5.94. The number of nitrogens with zero attached hydrogens (tertiary/aromatic N) is 1. The van der Waals surface area contributed by atoms with Crippen molar-refractivity contribution >= 4 is 5.91 Å². The van der Waals surface area contributed by atoms with E-state index in [0.717, 1.165) is 18.5 Å². The quantitative estimate of drug-likeness (QED) is 0.810. The van der Waals surface area contributed by atoms with Crippen molar-refractivity contribution in [3.05, 3.63) is 35.4 Å². The van der Waals surface area contributed by atoms with E-state index in [9.17, 15) is 4.79 Å². The molecular weight excluding hydrogens is 214 g/mol. The molecule has 0 saturated carbocycles. The predicted octanol–water partition coefficient (Wildman–Crippen LogP) is 0.750. The Morgan fingerprint density at radius 1 is 1.41 bits per heavy atom. The van der Waals surface area contributed by atoms with E-state index in [-0.39, 0.29) is 11.9 Å². The summed E-state index contributed by atoms with van der Waals surface area (Å²) in [5, 5.41) is 3.45. The average Bonchev–Trinajstić information content (AvgIpc) is 2.78. The first-order valence-electron chi connectivity index (χ1n) is 5.88. The van der Waals surface area contributed by atoms with Gasteiger partial charge in [0.2, 0.25) is 5.91 Å². The van der Waals surface area contributed by atoms with Gasteiger partial charge in [-0.15, -0.1) is 0 Å². The molecule has 0 radical (unpaired) electrons. The highest BCUT2D eigenvalue weighted by Crippen LogP contribution is 2.27. The second-order valence-electron chi connectivity index (χ2n) is 4.77. The number of nitrogens with two attached hydrogens (primary N) is 1. The minimum Gasteiger partial charge on any atom is -0.366 e. The van der Waals surface area contributed by atoms with Crippen LogP contribution in [0.2, 0.25) is 0 Å². The van der Waals surface area contributed by atoms with E-state index in [1.807, 2.05) is 18.2 Å². The van der Waals surface area contributed by atoms with E-state index in [1.165, 1.54) is 0 Å². The molecular formula is C13H19N3O. The Labute approximate surface area is 102 Å². The number of amides is 1. The average molecular weight is 233 g/mol. The second kappa shape index (κ2) is 4.85. The number of carbonyl (C=O) groups is 1.